The Morgan fingerprint density at radius 1 is 1.14 bits per heavy atom. The summed E-state index contributed by atoms with van der Waals surface area (Å²) >= 11 is 0. The molecule has 6 heterocycles. The summed E-state index contributed by atoms with van der Waals surface area (Å²) in [4.78, 5) is 36.2. The molecule has 1 amide bonds. The number of nitrogens with two attached hydrogens (primary N) is 1. The van der Waals surface area contributed by atoms with Crippen LogP contribution >= 0.6 is 0 Å². The summed E-state index contributed by atoms with van der Waals surface area (Å²) in [5.74, 6) is 0.506. The van der Waals surface area contributed by atoms with E-state index < -0.39 is 6.61 Å². The van der Waals surface area contributed by atoms with Gasteiger partial charge < -0.3 is 15.7 Å². The summed E-state index contributed by atoms with van der Waals surface area (Å²) in [5.41, 5.74) is 9.64. The molecule has 11 nitrogen and oxygen atoms in total. The van der Waals surface area contributed by atoms with Gasteiger partial charge >= 0.3 is 0 Å². The van der Waals surface area contributed by atoms with Crippen molar-refractivity contribution in [2.45, 2.75) is 50.6 Å². The molecule has 2 aliphatic heterocycles. The van der Waals surface area contributed by atoms with Crippen LogP contribution in [0.4, 0.5) is 5.82 Å². The van der Waals surface area contributed by atoms with E-state index in [1.165, 1.54) is 11.4 Å². The first-order valence-corrected chi connectivity index (χ1v) is 12.0. The third-order valence-corrected chi connectivity index (χ3v) is 7.38. The number of nitrogens with zero attached hydrogens (tertiary/aromatic N) is 7. The molecule has 6 rings (SSSR count). The molecule has 0 saturated carbocycles. The average molecular weight is 487 g/mol. The van der Waals surface area contributed by atoms with Crippen molar-refractivity contribution in [3.8, 4) is 16.9 Å². The van der Waals surface area contributed by atoms with Gasteiger partial charge in [0.15, 0.2) is 17.2 Å². The van der Waals surface area contributed by atoms with Crippen molar-refractivity contribution in [3.63, 3.8) is 0 Å². The molecule has 11 heteroatoms. The second-order valence-corrected chi connectivity index (χ2v) is 9.48. The van der Waals surface area contributed by atoms with Gasteiger partial charge in [-0.05, 0) is 44.7 Å². The van der Waals surface area contributed by atoms with Crippen molar-refractivity contribution in [2.24, 2.45) is 0 Å². The zero-order chi connectivity index (χ0) is 25.0. The largest absolute Gasteiger partial charge is 0.387 e. The number of ketones is 1. The predicted molar refractivity (Wildman–Crippen MR) is 130 cm³/mol. The molecule has 1 unspecified atom stereocenters. The van der Waals surface area contributed by atoms with Gasteiger partial charge in [-0.15, -0.1) is 0 Å². The molecule has 2 bridgehead atoms. The molecule has 0 aliphatic carbocycles. The van der Waals surface area contributed by atoms with Crippen molar-refractivity contribution in [2.75, 3.05) is 12.3 Å². The number of carbonyl (C=O) groups excluding carboxylic acids is 2. The molecule has 3 N–H and O–H groups in total. The van der Waals surface area contributed by atoms with E-state index in [1.54, 1.807) is 23.3 Å². The van der Waals surface area contributed by atoms with E-state index >= 15 is 0 Å². The highest BCUT2D eigenvalue weighted by Gasteiger charge is 2.44. The number of anilines is 1. The SMILES string of the molecule is CC(=O)c1c(C2C[C@H]3CC[C@@H](C2)N3C(=O)CO)nc2c(-c3cnn(-c4ccccn4)c3)cnn2c1N. The number of rotatable bonds is 5. The number of hydrogen-bond donors (Lipinski definition) is 2. The number of aromatic nitrogens is 6. The lowest BCUT2D eigenvalue weighted by Crippen LogP contribution is -2.47. The number of aliphatic hydroxyl groups is 1. The molecule has 0 radical (unpaired) electrons. The van der Waals surface area contributed by atoms with Crippen LogP contribution in [0.15, 0.2) is 43.0 Å². The van der Waals surface area contributed by atoms with Gasteiger partial charge in [-0.3, -0.25) is 9.59 Å². The number of fused-ring (bicyclic) bond motifs is 3. The highest BCUT2D eigenvalue weighted by molar-refractivity contribution is 6.00. The monoisotopic (exact) mass is 486 g/mol. The summed E-state index contributed by atoms with van der Waals surface area (Å²) in [7, 11) is 0. The van der Waals surface area contributed by atoms with Gasteiger partial charge in [0.1, 0.15) is 12.4 Å². The molecule has 4 aromatic heterocycles. The summed E-state index contributed by atoms with van der Waals surface area (Å²) in [6.45, 7) is 1.00. The second-order valence-electron chi connectivity index (χ2n) is 9.48. The van der Waals surface area contributed by atoms with Crippen molar-refractivity contribution in [1.29, 1.82) is 0 Å². The minimum absolute atomic E-state index is 0.0217. The Bertz CT molecular complexity index is 1460. The van der Waals surface area contributed by atoms with Crippen LogP contribution in [-0.2, 0) is 4.79 Å². The van der Waals surface area contributed by atoms with E-state index in [2.05, 4.69) is 15.2 Å². The van der Waals surface area contributed by atoms with E-state index in [1.807, 2.05) is 29.3 Å². The van der Waals surface area contributed by atoms with E-state index in [9.17, 15) is 14.7 Å². The predicted octanol–water partition coefficient (Wildman–Crippen LogP) is 1.99. The Kier molecular flexibility index (Phi) is 5.29. The van der Waals surface area contributed by atoms with Crippen LogP contribution < -0.4 is 5.73 Å². The van der Waals surface area contributed by atoms with Crippen LogP contribution in [0.3, 0.4) is 0 Å². The first kappa shape index (κ1) is 22.4. The topological polar surface area (TPSA) is 145 Å². The molecule has 0 spiro atoms. The maximum Gasteiger partial charge on any atom is 0.248 e. The Balaban J connectivity index is 1.43. The minimum Gasteiger partial charge on any atom is -0.387 e. The van der Waals surface area contributed by atoms with Crippen LogP contribution in [0, 0.1) is 0 Å². The summed E-state index contributed by atoms with van der Waals surface area (Å²) in [6, 6.07) is 5.64. The van der Waals surface area contributed by atoms with Gasteiger partial charge in [0.25, 0.3) is 0 Å². The van der Waals surface area contributed by atoms with Crippen LogP contribution in [0.5, 0.6) is 0 Å². The molecule has 0 aromatic carbocycles. The highest BCUT2D eigenvalue weighted by atomic mass is 16.3. The molecule has 3 atom stereocenters. The number of nitrogen functional groups attached to an aromatic ring is 1. The Morgan fingerprint density at radius 3 is 2.58 bits per heavy atom. The molecule has 36 heavy (non-hydrogen) atoms. The number of pyridine rings is 1. The van der Waals surface area contributed by atoms with Crippen molar-refractivity contribution < 1.29 is 14.7 Å². The zero-order valence-electron chi connectivity index (χ0n) is 19.8. The molecule has 2 saturated heterocycles. The second kappa shape index (κ2) is 8.52. The van der Waals surface area contributed by atoms with Crippen molar-refractivity contribution >= 4 is 23.2 Å². The summed E-state index contributed by atoms with van der Waals surface area (Å²) in [6.07, 6.45) is 10.1. The third kappa shape index (κ3) is 3.46. The Hall–Kier alpha value is -4.12. The zero-order valence-corrected chi connectivity index (χ0v) is 19.8. The third-order valence-electron chi connectivity index (χ3n) is 7.38. The fourth-order valence-corrected chi connectivity index (χ4v) is 5.86. The number of amides is 1. The molecule has 2 aliphatic rings. The first-order valence-electron chi connectivity index (χ1n) is 12.0. The quantitative estimate of drug-likeness (QED) is 0.408. The molecule has 4 aromatic rings. The van der Waals surface area contributed by atoms with Gasteiger partial charge in [-0.25, -0.2) is 14.6 Å². The van der Waals surface area contributed by atoms with E-state index in [-0.39, 0.29) is 35.5 Å². The maximum absolute atomic E-state index is 12.7. The number of aliphatic hydroxyl groups excluding tert-OH is 1. The van der Waals surface area contributed by atoms with E-state index in [4.69, 9.17) is 10.7 Å². The normalized spacial score (nSPS) is 21.3. The minimum atomic E-state index is -0.487. The molecular weight excluding hydrogens is 460 g/mol. The van der Waals surface area contributed by atoms with Gasteiger partial charge in [0.05, 0.1) is 23.7 Å². The number of carbonyl (C=O) groups is 2. The van der Waals surface area contributed by atoms with E-state index in [0.717, 1.165) is 24.0 Å². The lowest BCUT2D eigenvalue weighted by Gasteiger charge is -2.39. The number of Topliss-reactive ketones (excluding diaryl/α,β-unsaturated/α-hetero) is 1. The fourth-order valence-electron chi connectivity index (χ4n) is 5.86. The Labute approximate surface area is 206 Å². The number of piperidine rings is 1. The smallest absolute Gasteiger partial charge is 0.248 e. The van der Waals surface area contributed by atoms with Crippen LogP contribution in [0.1, 0.15) is 54.6 Å². The van der Waals surface area contributed by atoms with Gasteiger partial charge in [0, 0.05) is 41.5 Å². The average Bonchev–Trinajstić information content (AvgIpc) is 3.60. The van der Waals surface area contributed by atoms with Gasteiger partial charge in [-0.1, -0.05) is 6.07 Å². The summed E-state index contributed by atoms with van der Waals surface area (Å²) in [5, 5.41) is 18.3. The molecule has 2 fully saturated rings. The standard InChI is InChI=1S/C25H26N8O3/c1-14(35)22-23(15-8-17-5-6-18(9-15)32(17)21(36)13-34)30-25-19(11-29-33(25)24(22)26)16-10-28-31(12-16)20-4-2-3-7-27-20/h2-4,7,10-12,15,17-18,34H,5-6,8-9,13,26H2,1H3/t15?,17-,18+. The summed E-state index contributed by atoms with van der Waals surface area (Å²) < 4.78 is 3.19. The molecule has 184 valence electrons. The lowest BCUT2D eigenvalue weighted by molar-refractivity contribution is -0.138. The van der Waals surface area contributed by atoms with Crippen molar-refractivity contribution in [1.82, 2.24) is 34.3 Å². The van der Waals surface area contributed by atoms with E-state index in [0.29, 0.717) is 35.6 Å². The first-order chi connectivity index (χ1) is 17.5. The van der Waals surface area contributed by atoms with Crippen LogP contribution in [0.2, 0.25) is 0 Å². The highest BCUT2D eigenvalue weighted by Crippen LogP contribution is 2.44. The number of hydrogen-bond acceptors (Lipinski definition) is 8. The fraction of sp³-hybridized carbons (Fsp3) is 0.360. The lowest BCUT2D eigenvalue weighted by atomic mass is 9.85. The van der Waals surface area contributed by atoms with Gasteiger partial charge in [-0.2, -0.15) is 14.7 Å². The van der Waals surface area contributed by atoms with Crippen LogP contribution in [0.25, 0.3) is 22.6 Å². The maximum atomic E-state index is 12.7. The van der Waals surface area contributed by atoms with Crippen molar-refractivity contribution in [3.05, 3.63) is 54.2 Å². The molecular formula is C25H26N8O3. The Morgan fingerprint density at radius 2 is 1.92 bits per heavy atom. The van der Waals surface area contributed by atoms with Gasteiger partial charge in [0.2, 0.25) is 5.91 Å². The van der Waals surface area contributed by atoms with Crippen LogP contribution in [-0.4, -0.2) is 69.7 Å².